The maximum absolute atomic E-state index is 11.2. The number of carbonyl (C=O) groups excluding carboxylic acids is 1. The van der Waals surface area contributed by atoms with Crippen LogP contribution in [0.3, 0.4) is 0 Å². The van der Waals surface area contributed by atoms with Gasteiger partial charge in [0.1, 0.15) is 12.2 Å². The molecule has 0 radical (unpaired) electrons. The quantitative estimate of drug-likeness (QED) is 0.807. The van der Waals surface area contributed by atoms with Crippen molar-refractivity contribution < 1.29 is 19.4 Å². The summed E-state index contributed by atoms with van der Waals surface area (Å²) in [6, 6.07) is 4.74. The monoisotopic (exact) mass is 271 g/mol. The fourth-order valence-electron chi connectivity index (χ4n) is 1.27. The van der Waals surface area contributed by atoms with Gasteiger partial charge < -0.3 is 15.2 Å². The van der Waals surface area contributed by atoms with Crippen LogP contribution in [0.4, 0.5) is 5.69 Å². The molecule has 1 aromatic rings. The van der Waals surface area contributed by atoms with Gasteiger partial charge >= 0.3 is 5.97 Å². The molecule has 0 aliphatic heterocycles. The molecule has 2 N–H and O–H groups in total. The molecule has 1 aromatic carbocycles. The molecule has 6 heteroatoms. The van der Waals surface area contributed by atoms with Crippen LogP contribution >= 0.6 is 11.6 Å². The second-order valence-electron chi connectivity index (χ2n) is 3.93. The van der Waals surface area contributed by atoms with Gasteiger partial charge in [-0.05, 0) is 32.0 Å². The van der Waals surface area contributed by atoms with Crippen LogP contribution in [0.25, 0.3) is 0 Å². The Bertz CT molecular complexity index is 459. The number of carboxylic acid groups (broad SMARTS) is 1. The number of halogens is 1. The van der Waals surface area contributed by atoms with Gasteiger partial charge in [-0.15, -0.1) is 0 Å². The number of anilines is 1. The smallest absolute Gasteiger partial charge is 0.312 e. The molecule has 0 bridgehead atoms. The van der Waals surface area contributed by atoms with E-state index in [1.54, 1.807) is 12.1 Å². The summed E-state index contributed by atoms with van der Waals surface area (Å²) in [5, 5.41) is 11.2. The van der Waals surface area contributed by atoms with Crippen LogP contribution < -0.4 is 10.1 Å². The van der Waals surface area contributed by atoms with Crippen LogP contribution in [0.5, 0.6) is 5.75 Å². The summed E-state index contributed by atoms with van der Waals surface area (Å²) in [6.45, 7) is 3.75. The van der Waals surface area contributed by atoms with Crippen molar-refractivity contribution in [3.05, 3.63) is 23.2 Å². The molecule has 0 heterocycles. The Balaban J connectivity index is 2.72. The van der Waals surface area contributed by atoms with Crippen LogP contribution in [-0.2, 0) is 9.59 Å². The first kappa shape index (κ1) is 14.3. The summed E-state index contributed by atoms with van der Waals surface area (Å²) in [5.41, 5.74) is 0.433. The Morgan fingerprint density at radius 2 is 2.11 bits per heavy atom. The zero-order valence-corrected chi connectivity index (χ0v) is 10.8. The van der Waals surface area contributed by atoms with E-state index < -0.39 is 18.3 Å². The van der Waals surface area contributed by atoms with E-state index in [0.29, 0.717) is 16.5 Å². The zero-order valence-electron chi connectivity index (χ0n) is 10.1. The highest BCUT2D eigenvalue weighted by Gasteiger charge is 2.10. The molecule has 0 saturated carbocycles. The number of amides is 1. The Morgan fingerprint density at radius 3 is 2.61 bits per heavy atom. The summed E-state index contributed by atoms with van der Waals surface area (Å²) in [5.74, 6) is -1.27. The van der Waals surface area contributed by atoms with Crippen molar-refractivity contribution in [3.63, 3.8) is 0 Å². The van der Waals surface area contributed by atoms with E-state index in [1.165, 1.54) is 6.07 Å². The molecule has 0 unspecified atom stereocenters. The van der Waals surface area contributed by atoms with E-state index >= 15 is 0 Å². The van der Waals surface area contributed by atoms with Crippen LogP contribution in [-0.4, -0.2) is 23.1 Å². The lowest BCUT2D eigenvalue weighted by Crippen LogP contribution is -2.16. The van der Waals surface area contributed by atoms with Crippen molar-refractivity contribution in [3.8, 4) is 5.75 Å². The summed E-state index contributed by atoms with van der Waals surface area (Å²) >= 11 is 5.97. The molecule has 0 saturated heterocycles. The maximum atomic E-state index is 11.2. The van der Waals surface area contributed by atoms with Gasteiger partial charge in [-0.1, -0.05) is 11.6 Å². The zero-order chi connectivity index (χ0) is 13.7. The number of carboxylic acids is 1. The standard InChI is InChI=1S/C12H14ClNO4/c1-7(2)18-10-4-3-8(5-9(10)13)14-11(15)6-12(16)17/h3-5,7H,6H2,1-2H3,(H,14,15)(H,16,17). The van der Waals surface area contributed by atoms with Crippen molar-refractivity contribution in [2.45, 2.75) is 26.4 Å². The average molecular weight is 272 g/mol. The minimum atomic E-state index is -1.18. The number of hydrogen-bond donors (Lipinski definition) is 2. The number of aliphatic carboxylic acids is 1. The first-order valence-electron chi connectivity index (χ1n) is 5.36. The van der Waals surface area contributed by atoms with Crippen LogP contribution in [0.1, 0.15) is 20.3 Å². The fraction of sp³-hybridized carbons (Fsp3) is 0.333. The van der Waals surface area contributed by atoms with Gasteiger partial charge in [0, 0.05) is 5.69 Å². The average Bonchev–Trinajstić information content (AvgIpc) is 2.20. The molecule has 0 aliphatic carbocycles. The topological polar surface area (TPSA) is 75.6 Å². The van der Waals surface area contributed by atoms with Crippen molar-refractivity contribution in [1.29, 1.82) is 0 Å². The summed E-state index contributed by atoms with van der Waals surface area (Å²) < 4.78 is 5.43. The first-order valence-corrected chi connectivity index (χ1v) is 5.74. The highest BCUT2D eigenvalue weighted by Crippen LogP contribution is 2.28. The van der Waals surface area contributed by atoms with Crippen molar-refractivity contribution in [2.75, 3.05) is 5.32 Å². The number of rotatable bonds is 5. The van der Waals surface area contributed by atoms with Crippen LogP contribution in [0.15, 0.2) is 18.2 Å². The molecule has 0 spiro atoms. The molecule has 1 amide bonds. The Labute approximate surface area is 110 Å². The summed E-state index contributed by atoms with van der Waals surface area (Å²) in [4.78, 5) is 21.6. The van der Waals surface area contributed by atoms with Gasteiger partial charge in [0.05, 0.1) is 11.1 Å². The summed E-state index contributed by atoms with van der Waals surface area (Å²) in [7, 11) is 0. The van der Waals surface area contributed by atoms with Gasteiger partial charge in [-0.2, -0.15) is 0 Å². The molecule has 98 valence electrons. The Kier molecular flexibility index (Phi) is 4.97. The Hall–Kier alpha value is -1.75. The molecule has 0 aliphatic rings. The number of nitrogens with one attached hydrogen (secondary N) is 1. The van der Waals surface area contributed by atoms with Crippen molar-refractivity contribution >= 4 is 29.2 Å². The lowest BCUT2D eigenvalue weighted by Gasteiger charge is -2.12. The SMILES string of the molecule is CC(C)Oc1ccc(NC(=O)CC(=O)O)cc1Cl. The predicted molar refractivity (Wildman–Crippen MR) is 68.1 cm³/mol. The van der Waals surface area contributed by atoms with E-state index in [9.17, 15) is 9.59 Å². The van der Waals surface area contributed by atoms with Crippen LogP contribution in [0.2, 0.25) is 5.02 Å². The van der Waals surface area contributed by atoms with E-state index in [-0.39, 0.29) is 6.10 Å². The molecular formula is C12H14ClNO4. The number of benzene rings is 1. The van der Waals surface area contributed by atoms with E-state index in [2.05, 4.69) is 5.32 Å². The lowest BCUT2D eigenvalue weighted by atomic mass is 10.3. The minimum absolute atomic E-state index is 0.00467. The molecule has 5 nitrogen and oxygen atoms in total. The predicted octanol–water partition coefficient (Wildman–Crippen LogP) is 2.54. The summed E-state index contributed by atoms with van der Waals surface area (Å²) in [6.07, 6.45) is -0.586. The second-order valence-corrected chi connectivity index (χ2v) is 4.34. The first-order chi connectivity index (χ1) is 8.38. The third kappa shape index (κ3) is 4.63. The molecule has 1 rings (SSSR count). The number of carbonyl (C=O) groups is 2. The van der Waals surface area contributed by atoms with E-state index in [0.717, 1.165) is 0 Å². The largest absolute Gasteiger partial charge is 0.489 e. The van der Waals surface area contributed by atoms with Gasteiger partial charge in [-0.3, -0.25) is 9.59 Å². The third-order valence-corrected chi connectivity index (χ3v) is 2.19. The van der Waals surface area contributed by atoms with Crippen molar-refractivity contribution in [2.24, 2.45) is 0 Å². The van der Waals surface area contributed by atoms with Gasteiger partial charge in [0.25, 0.3) is 0 Å². The van der Waals surface area contributed by atoms with E-state index in [4.69, 9.17) is 21.4 Å². The van der Waals surface area contributed by atoms with Gasteiger partial charge in [0.2, 0.25) is 5.91 Å². The Morgan fingerprint density at radius 1 is 1.44 bits per heavy atom. The van der Waals surface area contributed by atoms with Gasteiger partial charge in [-0.25, -0.2) is 0 Å². The number of ether oxygens (including phenoxy) is 1. The molecule has 0 aromatic heterocycles. The molecule has 0 fully saturated rings. The van der Waals surface area contributed by atoms with E-state index in [1.807, 2.05) is 13.8 Å². The number of hydrogen-bond acceptors (Lipinski definition) is 3. The molecular weight excluding hydrogens is 258 g/mol. The normalized spacial score (nSPS) is 10.2. The molecule has 0 atom stereocenters. The highest BCUT2D eigenvalue weighted by molar-refractivity contribution is 6.32. The van der Waals surface area contributed by atoms with Gasteiger partial charge in [0.15, 0.2) is 0 Å². The lowest BCUT2D eigenvalue weighted by molar-refractivity contribution is -0.139. The second kappa shape index (κ2) is 6.26. The van der Waals surface area contributed by atoms with Crippen LogP contribution in [0, 0.1) is 0 Å². The minimum Gasteiger partial charge on any atom is -0.489 e. The van der Waals surface area contributed by atoms with Crippen molar-refractivity contribution in [1.82, 2.24) is 0 Å². The fourth-order valence-corrected chi connectivity index (χ4v) is 1.50. The maximum Gasteiger partial charge on any atom is 0.312 e. The highest BCUT2D eigenvalue weighted by atomic mass is 35.5. The third-order valence-electron chi connectivity index (χ3n) is 1.89. The molecule has 18 heavy (non-hydrogen) atoms.